The standard InChI is InChI=1S/C37H47Si.3C3H7O.Ti/c1-23-17-24(2)19-29(18-23)35(38-32-15-13-12-14-16-32)34-27(5)25(3)26(4)33(34)28-20-30(36(6,7)8)22-31(21-28)37(9,10)11;3*1-3(2)4;/h12-22,35H,38H2,1-11H3;3*3H,1-2H3;/q;3*-1;+3. The molecule has 0 saturated carbocycles. The van der Waals surface area contributed by atoms with Crippen LogP contribution in [-0.2, 0) is 31.3 Å². The van der Waals surface area contributed by atoms with E-state index in [1.165, 1.54) is 49.7 Å². The predicted octanol–water partition coefficient (Wildman–Crippen LogP) is 8.23. The molecule has 3 aromatic rings. The Morgan fingerprint density at radius 2 is 0.980 bits per heavy atom. The maximum atomic E-state index is 9.53. The molecule has 0 saturated heterocycles. The Morgan fingerprint density at radius 3 is 1.35 bits per heavy atom. The Balaban J connectivity index is 0.000000941. The molecule has 3 nitrogen and oxygen atoms in total. The van der Waals surface area contributed by atoms with Gasteiger partial charge in [0.15, 0.2) is 0 Å². The number of aryl methyl sites for hydroxylation is 2. The number of allylic oxidation sites excluding steroid dienone is 4. The second-order valence-electron chi connectivity index (χ2n) is 17.2. The quantitative estimate of drug-likeness (QED) is 0.248. The minimum absolute atomic E-state index is 0.0673. The van der Waals surface area contributed by atoms with Crippen molar-refractivity contribution in [2.24, 2.45) is 0 Å². The molecule has 4 rings (SSSR count). The Kier molecular flexibility index (Phi) is 18.3. The second kappa shape index (κ2) is 19.9. The number of rotatable bonds is 5. The van der Waals surface area contributed by atoms with Gasteiger partial charge in [0.25, 0.3) is 0 Å². The van der Waals surface area contributed by atoms with Crippen LogP contribution in [-0.4, -0.2) is 27.8 Å². The molecule has 0 amide bonds. The van der Waals surface area contributed by atoms with Crippen LogP contribution in [0, 0.1) is 13.8 Å². The summed E-state index contributed by atoms with van der Waals surface area (Å²) in [6.07, 6.45) is -1.25. The summed E-state index contributed by atoms with van der Waals surface area (Å²) in [6, 6.07) is 26.1. The molecule has 0 bridgehead atoms. The van der Waals surface area contributed by atoms with Gasteiger partial charge in [0.2, 0.25) is 0 Å². The van der Waals surface area contributed by atoms with Crippen molar-refractivity contribution >= 4 is 20.3 Å². The van der Waals surface area contributed by atoms with Crippen LogP contribution in [0.5, 0.6) is 0 Å². The van der Waals surface area contributed by atoms with Crippen LogP contribution in [0.15, 0.2) is 83.4 Å². The molecule has 0 radical (unpaired) electrons. The number of hydrogen-bond donors (Lipinski definition) is 0. The normalized spacial score (nSPS) is 17.0. The summed E-state index contributed by atoms with van der Waals surface area (Å²) in [4.78, 5) is 0. The first kappa shape index (κ1) is 47.0. The monoisotopic (exact) mass is 744 g/mol. The fourth-order valence-corrected chi connectivity index (χ4v) is 10.2. The molecule has 51 heavy (non-hydrogen) atoms. The zero-order valence-corrected chi connectivity index (χ0v) is 38.1. The molecule has 0 spiro atoms. The van der Waals surface area contributed by atoms with E-state index in [-0.39, 0.29) is 14.5 Å². The number of benzene rings is 3. The molecule has 2 unspecified atom stereocenters. The molecular weight excluding hydrogens is 676 g/mol. The van der Waals surface area contributed by atoms with Crippen molar-refractivity contribution in [1.82, 2.24) is 0 Å². The second-order valence-corrected chi connectivity index (χ2v) is 20.4. The van der Waals surface area contributed by atoms with Crippen LogP contribution in [0.1, 0.15) is 143 Å². The summed E-state index contributed by atoms with van der Waals surface area (Å²) >= 11 is 2.57. The van der Waals surface area contributed by atoms with E-state index < -0.39 is 27.8 Å². The molecule has 5 heteroatoms. The predicted molar refractivity (Wildman–Crippen MR) is 216 cm³/mol. The van der Waals surface area contributed by atoms with Gasteiger partial charge < -0.3 is 15.3 Å². The molecule has 0 aromatic heterocycles. The first-order chi connectivity index (χ1) is 23.2. The van der Waals surface area contributed by atoms with E-state index in [0.717, 1.165) is 0 Å². The Labute approximate surface area is 327 Å². The third kappa shape index (κ3) is 14.4. The summed E-state index contributed by atoms with van der Waals surface area (Å²) in [5.74, 6) is 0. The van der Waals surface area contributed by atoms with E-state index in [1.807, 2.05) is 0 Å². The van der Waals surface area contributed by atoms with Gasteiger partial charge in [-0.3, -0.25) is 0 Å². The van der Waals surface area contributed by atoms with Gasteiger partial charge in [0.05, 0.1) is 0 Å². The first-order valence-corrected chi connectivity index (χ1v) is 20.9. The summed E-state index contributed by atoms with van der Waals surface area (Å²) in [7, 11) is -0.670. The zero-order valence-electron chi connectivity index (χ0n) is 35.1. The van der Waals surface area contributed by atoms with Gasteiger partial charge in [-0.25, -0.2) is 0 Å². The van der Waals surface area contributed by atoms with Crippen molar-refractivity contribution in [3.05, 3.63) is 117 Å². The molecular formula is C46H68O3SiTi. The average Bonchev–Trinajstić information content (AvgIpc) is 3.14. The van der Waals surface area contributed by atoms with E-state index in [9.17, 15) is 15.3 Å². The Hall–Kier alpha value is -2.05. The third-order valence-electron chi connectivity index (χ3n) is 8.89. The molecule has 1 aliphatic rings. The van der Waals surface area contributed by atoms with Crippen LogP contribution in [0.2, 0.25) is 3.72 Å². The topological polar surface area (TPSA) is 69.2 Å². The van der Waals surface area contributed by atoms with Crippen LogP contribution in [0.3, 0.4) is 0 Å². The average molecular weight is 745 g/mol. The van der Waals surface area contributed by atoms with Gasteiger partial charge in [-0.05, 0) is 0 Å². The van der Waals surface area contributed by atoms with Crippen LogP contribution < -0.4 is 20.5 Å². The molecule has 0 heterocycles. The van der Waals surface area contributed by atoms with Crippen LogP contribution in [0.25, 0.3) is 5.57 Å². The fourth-order valence-electron chi connectivity index (χ4n) is 6.35. The molecule has 1 aliphatic carbocycles. The van der Waals surface area contributed by atoms with Gasteiger partial charge >= 0.3 is 254 Å². The van der Waals surface area contributed by atoms with Gasteiger partial charge in [-0.15, -0.1) is 18.3 Å². The van der Waals surface area contributed by atoms with Crippen molar-refractivity contribution in [1.29, 1.82) is 0 Å². The molecule has 0 aliphatic heterocycles. The first-order valence-electron chi connectivity index (χ1n) is 18.6. The Morgan fingerprint density at radius 1 is 0.588 bits per heavy atom. The van der Waals surface area contributed by atoms with Crippen molar-refractivity contribution in [3.8, 4) is 0 Å². The molecule has 0 fully saturated rings. The molecule has 2 atom stereocenters. The van der Waals surface area contributed by atoms with Gasteiger partial charge in [-0.2, -0.15) is 0 Å². The van der Waals surface area contributed by atoms with E-state index in [0.29, 0.717) is 5.54 Å². The van der Waals surface area contributed by atoms with Gasteiger partial charge in [0, 0.05) is 0 Å². The third-order valence-corrected chi connectivity index (χ3v) is 13.5. The van der Waals surface area contributed by atoms with Crippen molar-refractivity contribution in [2.45, 2.75) is 156 Å². The summed E-state index contributed by atoms with van der Waals surface area (Å²) in [6.45, 7) is 35.4. The van der Waals surface area contributed by atoms with Crippen LogP contribution >= 0.6 is 0 Å². The molecule has 278 valence electrons. The number of hydrogen-bond acceptors (Lipinski definition) is 3. The van der Waals surface area contributed by atoms with E-state index in [2.05, 4.69) is 163 Å². The van der Waals surface area contributed by atoms with Gasteiger partial charge in [0.1, 0.15) is 0 Å². The molecule has 0 N–H and O–H groups in total. The van der Waals surface area contributed by atoms with E-state index in [1.54, 1.807) is 52.7 Å². The summed E-state index contributed by atoms with van der Waals surface area (Å²) in [5.41, 5.74) is 15.2. The van der Waals surface area contributed by atoms with Crippen molar-refractivity contribution < 1.29 is 35.8 Å². The summed E-state index contributed by atoms with van der Waals surface area (Å²) < 4.78 is -0.0673. The summed E-state index contributed by atoms with van der Waals surface area (Å²) in [5, 5.41) is 30.1. The maximum absolute atomic E-state index is 9.53. The van der Waals surface area contributed by atoms with E-state index in [4.69, 9.17) is 0 Å². The van der Waals surface area contributed by atoms with Crippen LogP contribution in [0.4, 0.5) is 0 Å². The van der Waals surface area contributed by atoms with E-state index >= 15 is 0 Å². The van der Waals surface area contributed by atoms with Crippen molar-refractivity contribution in [2.75, 3.05) is 0 Å². The SMILES string of the molecule is CC(C)[O-].CC(C)[O-].CC(C)[O-].CC1=C(C)[C]([Ti+3])(C([SiH2]c2ccccc2)c2cc(C)cc(C)c2)C(c2cc(C(C)(C)C)cc(C(C)(C)C)c2)=C1C. The minimum atomic E-state index is -0.670. The zero-order chi connectivity index (χ0) is 39.6. The fraction of sp³-hybridized carbons (Fsp3) is 0.522. The van der Waals surface area contributed by atoms with Crippen molar-refractivity contribution in [3.63, 3.8) is 0 Å². The molecule has 3 aromatic carbocycles. The van der Waals surface area contributed by atoms with Gasteiger partial charge in [-0.1, -0.05) is 41.5 Å². The Bertz CT molecular complexity index is 1530.